The number of ether oxygens (including phenoxy) is 1. The zero-order valence-electron chi connectivity index (χ0n) is 8.49. The van der Waals surface area contributed by atoms with Crippen molar-refractivity contribution in [3.63, 3.8) is 0 Å². The summed E-state index contributed by atoms with van der Waals surface area (Å²) in [6.45, 7) is 2.41. The molecule has 7 heteroatoms. The van der Waals surface area contributed by atoms with E-state index in [0.717, 1.165) is 6.92 Å². The lowest BCUT2D eigenvalue weighted by atomic mass is 10.1. The van der Waals surface area contributed by atoms with Crippen LogP contribution < -0.4 is 0 Å². The number of carbonyl (C=O) groups is 2. The molecular formula is C8H12FNO5. The van der Waals surface area contributed by atoms with Crippen molar-refractivity contribution in [2.75, 3.05) is 6.61 Å². The van der Waals surface area contributed by atoms with Crippen LogP contribution in [-0.2, 0) is 14.3 Å². The molecule has 1 unspecified atom stereocenters. The number of hydrogen-bond donors (Lipinski definition) is 0. The van der Waals surface area contributed by atoms with Crippen LogP contribution in [0.1, 0.15) is 26.7 Å². The molecule has 15 heavy (non-hydrogen) atoms. The molecule has 0 saturated heterocycles. The van der Waals surface area contributed by atoms with Crippen molar-refractivity contribution in [1.29, 1.82) is 0 Å². The third-order valence-electron chi connectivity index (χ3n) is 1.69. The summed E-state index contributed by atoms with van der Waals surface area (Å²) < 4.78 is 17.8. The van der Waals surface area contributed by atoms with Gasteiger partial charge in [-0.2, -0.15) is 4.39 Å². The molecule has 0 N–H and O–H groups in total. The molecule has 0 aromatic carbocycles. The van der Waals surface area contributed by atoms with Crippen molar-refractivity contribution < 1.29 is 23.6 Å². The Bertz CT molecular complexity index is 280. The van der Waals surface area contributed by atoms with Gasteiger partial charge in [0.25, 0.3) is 0 Å². The molecule has 0 aromatic rings. The number of carbonyl (C=O) groups excluding carboxylic acids is 2. The fraction of sp³-hybridized carbons (Fsp3) is 0.750. The van der Waals surface area contributed by atoms with Crippen molar-refractivity contribution in [3.8, 4) is 0 Å². The van der Waals surface area contributed by atoms with Crippen LogP contribution in [-0.4, -0.2) is 29.1 Å². The molecular weight excluding hydrogens is 209 g/mol. The third kappa shape index (κ3) is 3.61. The predicted molar refractivity (Wildman–Crippen MR) is 47.4 cm³/mol. The second kappa shape index (κ2) is 5.38. The number of rotatable bonds is 6. The molecule has 0 aliphatic carbocycles. The largest absolute Gasteiger partial charge is 0.458 e. The summed E-state index contributed by atoms with van der Waals surface area (Å²) in [6.07, 6.45) is -1.18. The van der Waals surface area contributed by atoms with E-state index in [2.05, 4.69) is 4.74 Å². The van der Waals surface area contributed by atoms with Gasteiger partial charge in [0, 0.05) is 6.42 Å². The lowest BCUT2D eigenvalue weighted by Crippen LogP contribution is -2.43. The van der Waals surface area contributed by atoms with Gasteiger partial charge in [-0.15, -0.1) is 0 Å². The van der Waals surface area contributed by atoms with Crippen LogP contribution in [0.2, 0.25) is 0 Å². The predicted octanol–water partition coefficient (Wildman–Crippen LogP) is 0.861. The Labute approximate surface area is 85.5 Å². The summed E-state index contributed by atoms with van der Waals surface area (Å²) in [5, 5.41) is 10.4. The third-order valence-corrected chi connectivity index (χ3v) is 1.69. The molecule has 0 saturated carbocycles. The number of nitrogens with zero attached hydrogens (tertiary/aromatic N) is 1. The standard InChI is InChI=1S/C8H12FNO5/c1-3-15-7(12)8(9,10(13)14)5-4-6(2)11/h3-5H2,1-2H3. The Morgan fingerprint density at radius 1 is 1.53 bits per heavy atom. The lowest BCUT2D eigenvalue weighted by Gasteiger charge is -2.13. The molecule has 0 bridgehead atoms. The first-order valence-electron chi connectivity index (χ1n) is 4.34. The van der Waals surface area contributed by atoms with Crippen molar-refractivity contribution in [1.82, 2.24) is 0 Å². The molecule has 0 rings (SSSR count). The van der Waals surface area contributed by atoms with Crippen LogP contribution in [0.15, 0.2) is 0 Å². The van der Waals surface area contributed by atoms with Gasteiger partial charge in [-0.05, 0) is 13.8 Å². The van der Waals surface area contributed by atoms with Gasteiger partial charge in [-0.1, -0.05) is 0 Å². The highest BCUT2D eigenvalue weighted by atomic mass is 19.1. The van der Waals surface area contributed by atoms with Gasteiger partial charge < -0.3 is 9.53 Å². The number of Topliss-reactive ketones (excluding diaryl/α,β-unsaturated/α-hetero) is 1. The first-order valence-corrected chi connectivity index (χ1v) is 4.34. The quantitative estimate of drug-likeness (QED) is 0.287. The summed E-state index contributed by atoms with van der Waals surface area (Å²) in [7, 11) is 0. The Hall–Kier alpha value is -1.53. The number of alkyl halides is 1. The number of nitro groups is 1. The summed E-state index contributed by atoms with van der Waals surface area (Å²) in [5.41, 5.74) is 0. The van der Waals surface area contributed by atoms with Gasteiger partial charge in [0.1, 0.15) is 5.78 Å². The van der Waals surface area contributed by atoms with Crippen LogP contribution in [0.4, 0.5) is 4.39 Å². The van der Waals surface area contributed by atoms with Crippen molar-refractivity contribution in [2.24, 2.45) is 0 Å². The summed E-state index contributed by atoms with van der Waals surface area (Å²) in [6, 6.07) is 0. The first-order chi connectivity index (χ1) is 6.84. The van der Waals surface area contributed by atoms with E-state index in [1.54, 1.807) is 0 Å². The van der Waals surface area contributed by atoms with Crippen LogP contribution in [0, 0.1) is 10.1 Å². The molecule has 0 aromatic heterocycles. The molecule has 0 fully saturated rings. The maximum atomic E-state index is 13.5. The number of hydrogen-bond acceptors (Lipinski definition) is 5. The summed E-state index contributed by atoms with van der Waals surface area (Å²) >= 11 is 0. The second-order valence-electron chi connectivity index (χ2n) is 2.94. The number of ketones is 1. The lowest BCUT2D eigenvalue weighted by molar-refractivity contribution is -0.590. The molecule has 0 radical (unpaired) electrons. The Morgan fingerprint density at radius 2 is 2.07 bits per heavy atom. The summed E-state index contributed by atoms with van der Waals surface area (Å²) in [5.74, 6) is -5.30. The van der Waals surface area contributed by atoms with E-state index >= 15 is 0 Å². The van der Waals surface area contributed by atoms with E-state index in [0.29, 0.717) is 0 Å². The highest BCUT2D eigenvalue weighted by molar-refractivity contribution is 5.80. The highest BCUT2D eigenvalue weighted by Gasteiger charge is 2.53. The zero-order valence-corrected chi connectivity index (χ0v) is 8.49. The van der Waals surface area contributed by atoms with Crippen LogP contribution in [0.25, 0.3) is 0 Å². The molecule has 0 aliphatic rings. The van der Waals surface area contributed by atoms with Gasteiger partial charge in [0.15, 0.2) is 0 Å². The van der Waals surface area contributed by atoms with Crippen molar-refractivity contribution >= 4 is 11.8 Å². The minimum atomic E-state index is -3.32. The van der Waals surface area contributed by atoms with E-state index < -0.39 is 28.9 Å². The minimum absolute atomic E-state index is 0.154. The fourth-order valence-corrected chi connectivity index (χ4v) is 0.851. The monoisotopic (exact) mass is 221 g/mol. The first kappa shape index (κ1) is 13.5. The maximum absolute atomic E-state index is 13.5. The molecule has 0 amide bonds. The van der Waals surface area contributed by atoms with Gasteiger partial charge in [-0.25, -0.2) is 4.79 Å². The molecule has 0 heterocycles. The normalized spacial score (nSPS) is 14.1. The smallest absolute Gasteiger partial charge is 0.454 e. The van der Waals surface area contributed by atoms with Gasteiger partial charge >= 0.3 is 11.8 Å². The fourth-order valence-electron chi connectivity index (χ4n) is 0.851. The van der Waals surface area contributed by atoms with E-state index in [4.69, 9.17) is 0 Å². The highest BCUT2D eigenvalue weighted by Crippen LogP contribution is 2.21. The van der Waals surface area contributed by atoms with Crippen LogP contribution >= 0.6 is 0 Å². The van der Waals surface area contributed by atoms with Crippen molar-refractivity contribution in [2.45, 2.75) is 32.5 Å². The maximum Gasteiger partial charge on any atom is 0.454 e. The van der Waals surface area contributed by atoms with Gasteiger partial charge in [0.05, 0.1) is 18.0 Å². The Balaban J connectivity index is 4.66. The molecule has 86 valence electrons. The topological polar surface area (TPSA) is 86.5 Å². The zero-order chi connectivity index (χ0) is 12.1. The van der Waals surface area contributed by atoms with Crippen LogP contribution in [0.5, 0.6) is 0 Å². The molecule has 1 atom stereocenters. The van der Waals surface area contributed by atoms with E-state index in [9.17, 15) is 24.1 Å². The molecule has 0 aliphatic heterocycles. The Morgan fingerprint density at radius 3 is 2.40 bits per heavy atom. The Kier molecular flexibility index (Phi) is 4.83. The van der Waals surface area contributed by atoms with Crippen molar-refractivity contribution in [3.05, 3.63) is 10.1 Å². The number of esters is 1. The molecule has 6 nitrogen and oxygen atoms in total. The molecule has 0 spiro atoms. The van der Waals surface area contributed by atoms with Crippen LogP contribution in [0.3, 0.4) is 0 Å². The van der Waals surface area contributed by atoms with E-state index in [1.165, 1.54) is 6.92 Å². The van der Waals surface area contributed by atoms with Gasteiger partial charge in [0.2, 0.25) is 0 Å². The van der Waals surface area contributed by atoms with E-state index in [1.807, 2.05) is 0 Å². The second-order valence-corrected chi connectivity index (χ2v) is 2.94. The average molecular weight is 221 g/mol. The van der Waals surface area contributed by atoms with Gasteiger partial charge in [-0.3, -0.25) is 10.1 Å². The summed E-state index contributed by atoms with van der Waals surface area (Å²) in [4.78, 5) is 30.5. The average Bonchev–Trinajstić information content (AvgIpc) is 2.14. The number of halogens is 1. The minimum Gasteiger partial charge on any atom is -0.458 e. The SMILES string of the molecule is CCOC(=O)C(F)(CCC(C)=O)[N+](=O)[O-]. The van der Waals surface area contributed by atoms with E-state index in [-0.39, 0.29) is 13.0 Å².